The van der Waals surface area contributed by atoms with Crippen LogP contribution in [0.3, 0.4) is 0 Å². The van der Waals surface area contributed by atoms with Gasteiger partial charge in [0.2, 0.25) is 0 Å². The van der Waals surface area contributed by atoms with Crippen molar-refractivity contribution in [2.45, 2.75) is 104 Å². The molecule has 0 spiro atoms. The van der Waals surface area contributed by atoms with Crippen molar-refractivity contribution in [3.8, 4) is 0 Å². The largest absolute Gasteiger partial charge is 0.469 e. The van der Waals surface area contributed by atoms with Gasteiger partial charge in [0.05, 0.1) is 7.11 Å². The van der Waals surface area contributed by atoms with Gasteiger partial charge in [-0.1, -0.05) is 20.8 Å². The number of carbonyl (C=O) groups excluding carboxylic acids is 2. The molecule has 4 aliphatic rings. The van der Waals surface area contributed by atoms with Crippen LogP contribution in [0, 0.1) is 46.3 Å². The summed E-state index contributed by atoms with van der Waals surface area (Å²) in [4.78, 5) is 24.2. The van der Waals surface area contributed by atoms with E-state index in [0.717, 1.165) is 38.5 Å². The van der Waals surface area contributed by atoms with Crippen LogP contribution in [0.25, 0.3) is 0 Å². The maximum atomic E-state index is 12.3. The molecule has 9 atom stereocenters. The van der Waals surface area contributed by atoms with Crippen LogP contribution in [0.2, 0.25) is 0 Å². The molecule has 0 heterocycles. The molecule has 4 rings (SSSR count). The predicted octanol–water partition coefficient (Wildman–Crippen LogP) is 5.77. The summed E-state index contributed by atoms with van der Waals surface area (Å²) < 4.78 is 22.9. The molecule has 0 amide bonds. The molecule has 0 saturated heterocycles. The van der Waals surface area contributed by atoms with Crippen LogP contribution in [-0.2, 0) is 28.5 Å². The summed E-state index contributed by atoms with van der Waals surface area (Å²) in [7, 11) is 5.02. The van der Waals surface area contributed by atoms with Gasteiger partial charge in [-0.3, -0.25) is 9.59 Å². The van der Waals surface area contributed by atoms with Crippen LogP contribution in [0.4, 0.5) is 0 Å². The number of esters is 2. The van der Waals surface area contributed by atoms with Gasteiger partial charge in [-0.05, 0) is 85.9 Å². The van der Waals surface area contributed by atoms with Crippen molar-refractivity contribution in [2.75, 3.05) is 21.3 Å². The van der Waals surface area contributed by atoms with Gasteiger partial charge in [-0.15, -0.1) is 0 Å². The van der Waals surface area contributed by atoms with Crippen molar-refractivity contribution >= 4 is 11.9 Å². The highest BCUT2D eigenvalue weighted by molar-refractivity contribution is 5.69. The summed E-state index contributed by atoms with van der Waals surface area (Å²) in [5.41, 5.74) is 0.181. The molecule has 6 heteroatoms. The Morgan fingerprint density at radius 2 is 1.69 bits per heavy atom. The molecule has 4 fully saturated rings. The van der Waals surface area contributed by atoms with Gasteiger partial charge in [-0.25, -0.2) is 0 Å². The molecule has 4 aliphatic carbocycles. The highest BCUT2D eigenvalue weighted by atomic mass is 16.7. The number of fused-ring (bicyclic) bond motifs is 5. The van der Waals surface area contributed by atoms with Gasteiger partial charge in [0.15, 0.2) is 5.79 Å². The van der Waals surface area contributed by atoms with E-state index in [-0.39, 0.29) is 28.9 Å². The first-order valence-electron chi connectivity index (χ1n) is 13.9. The second-order valence-corrected chi connectivity index (χ2v) is 12.7. The van der Waals surface area contributed by atoms with E-state index >= 15 is 0 Å². The standard InChI is InChI=1S/C29H48O6/c1-18(8-13-26(31)32-5)22-11-12-23-21-10-9-20-17-29(33-6,34-7)15-14-27(20,3)24(21)16-25(28(22,23)4)35-19(2)30/h18,20-25H,8-17H2,1-7H3/t18-,20?,21?,22?,23?,24?,25+,27?,28?/m1/s1. The van der Waals surface area contributed by atoms with Gasteiger partial charge < -0.3 is 18.9 Å². The van der Waals surface area contributed by atoms with E-state index < -0.39 is 5.79 Å². The fourth-order valence-corrected chi connectivity index (χ4v) is 9.57. The molecule has 0 radical (unpaired) electrons. The quantitative estimate of drug-likeness (QED) is 0.332. The van der Waals surface area contributed by atoms with E-state index in [1.54, 1.807) is 21.1 Å². The second-order valence-electron chi connectivity index (χ2n) is 12.7. The Hall–Kier alpha value is -1.14. The summed E-state index contributed by atoms with van der Waals surface area (Å²) in [5, 5.41) is 0. The van der Waals surface area contributed by atoms with E-state index in [4.69, 9.17) is 18.9 Å². The second kappa shape index (κ2) is 9.96. The average molecular weight is 493 g/mol. The minimum absolute atomic E-state index is 0.0386. The first-order valence-corrected chi connectivity index (χ1v) is 13.9. The van der Waals surface area contributed by atoms with E-state index in [2.05, 4.69) is 20.8 Å². The lowest BCUT2D eigenvalue weighted by molar-refractivity contribution is -0.266. The average Bonchev–Trinajstić information content (AvgIpc) is 3.20. The van der Waals surface area contributed by atoms with Crippen LogP contribution >= 0.6 is 0 Å². The highest BCUT2D eigenvalue weighted by Crippen LogP contribution is 2.69. The molecule has 0 aromatic rings. The number of carbonyl (C=O) groups is 2. The van der Waals surface area contributed by atoms with Crippen molar-refractivity contribution in [1.29, 1.82) is 0 Å². The Labute approximate surface area is 212 Å². The predicted molar refractivity (Wildman–Crippen MR) is 133 cm³/mol. The van der Waals surface area contributed by atoms with Gasteiger partial charge in [0.1, 0.15) is 6.10 Å². The van der Waals surface area contributed by atoms with Gasteiger partial charge in [0.25, 0.3) is 0 Å². The maximum Gasteiger partial charge on any atom is 0.305 e. The smallest absolute Gasteiger partial charge is 0.305 e. The van der Waals surface area contributed by atoms with Crippen molar-refractivity contribution in [2.24, 2.45) is 46.3 Å². The lowest BCUT2D eigenvalue weighted by Gasteiger charge is -2.63. The monoisotopic (exact) mass is 492 g/mol. The Morgan fingerprint density at radius 3 is 2.31 bits per heavy atom. The zero-order chi connectivity index (χ0) is 25.6. The molecule has 0 aromatic heterocycles. The highest BCUT2D eigenvalue weighted by Gasteiger charge is 2.65. The lowest BCUT2D eigenvalue weighted by Crippen LogP contribution is -2.60. The molecule has 7 unspecified atom stereocenters. The van der Waals surface area contributed by atoms with Crippen LogP contribution in [0.15, 0.2) is 0 Å². The van der Waals surface area contributed by atoms with Gasteiger partial charge >= 0.3 is 11.9 Å². The molecule has 4 saturated carbocycles. The minimum atomic E-state index is -0.455. The lowest BCUT2D eigenvalue weighted by atomic mass is 9.43. The minimum Gasteiger partial charge on any atom is -0.469 e. The number of rotatable bonds is 7. The van der Waals surface area contributed by atoms with Crippen molar-refractivity contribution in [3.05, 3.63) is 0 Å². The van der Waals surface area contributed by atoms with E-state index in [9.17, 15) is 9.59 Å². The third-order valence-electron chi connectivity index (χ3n) is 11.6. The Kier molecular flexibility index (Phi) is 7.66. The van der Waals surface area contributed by atoms with E-state index in [0.29, 0.717) is 41.9 Å². The number of methoxy groups -OCH3 is 3. The number of ether oxygens (including phenoxy) is 4. The zero-order valence-electron chi connectivity index (χ0n) is 23.1. The summed E-state index contributed by atoms with van der Waals surface area (Å²) in [5.74, 6) is 2.44. The fourth-order valence-electron chi connectivity index (χ4n) is 9.57. The Morgan fingerprint density at radius 1 is 0.971 bits per heavy atom. The number of hydrogen-bond acceptors (Lipinski definition) is 6. The zero-order valence-corrected chi connectivity index (χ0v) is 23.1. The van der Waals surface area contributed by atoms with Crippen molar-refractivity contribution < 1.29 is 28.5 Å². The van der Waals surface area contributed by atoms with Crippen LogP contribution in [-0.4, -0.2) is 45.2 Å². The third-order valence-corrected chi connectivity index (χ3v) is 11.6. The molecule has 200 valence electrons. The van der Waals surface area contributed by atoms with Gasteiger partial charge in [0, 0.05) is 45.8 Å². The third kappa shape index (κ3) is 4.45. The molecule has 0 aromatic carbocycles. The summed E-state index contributed by atoms with van der Waals surface area (Å²) in [6.45, 7) is 8.76. The molecule has 0 aliphatic heterocycles. The molecule has 6 nitrogen and oxygen atoms in total. The molecule has 35 heavy (non-hydrogen) atoms. The van der Waals surface area contributed by atoms with E-state index in [1.807, 2.05) is 0 Å². The van der Waals surface area contributed by atoms with Crippen LogP contribution in [0.1, 0.15) is 91.9 Å². The molecule has 0 bridgehead atoms. The van der Waals surface area contributed by atoms with Gasteiger partial charge in [-0.2, -0.15) is 0 Å². The SMILES string of the molecule is COC(=O)CC[C@@H](C)C1CCC2C3CCC4CC(OC)(OC)CCC4(C)C3C[C@H](OC(C)=O)C21C. The number of hydrogen-bond donors (Lipinski definition) is 0. The summed E-state index contributed by atoms with van der Waals surface area (Å²) >= 11 is 0. The van der Waals surface area contributed by atoms with Crippen LogP contribution < -0.4 is 0 Å². The van der Waals surface area contributed by atoms with Crippen molar-refractivity contribution in [1.82, 2.24) is 0 Å². The summed E-state index contributed by atoms with van der Waals surface area (Å²) in [6, 6.07) is 0. The van der Waals surface area contributed by atoms with Crippen LogP contribution in [0.5, 0.6) is 0 Å². The first kappa shape index (κ1) is 26.9. The molecular formula is C29H48O6. The maximum absolute atomic E-state index is 12.3. The van der Waals surface area contributed by atoms with Crippen molar-refractivity contribution in [3.63, 3.8) is 0 Å². The Bertz CT molecular complexity index is 792. The fraction of sp³-hybridized carbons (Fsp3) is 0.931. The topological polar surface area (TPSA) is 71.1 Å². The molecule has 0 N–H and O–H groups in total. The Balaban J connectivity index is 1.61. The normalized spacial score (nSPS) is 42.8. The first-order chi connectivity index (χ1) is 16.5. The van der Waals surface area contributed by atoms with E-state index in [1.165, 1.54) is 26.4 Å². The summed E-state index contributed by atoms with van der Waals surface area (Å²) in [6.07, 6.45) is 9.96. The molecular weight excluding hydrogens is 444 g/mol.